The maximum atomic E-state index is 10.5. The number of hydrogen-bond donors (Lipinski definition) is 2. The molecule has 0 saturated carbocycles. The first-order chi connectivity index (χ1) is 5.66. The smallest absolute Gasteiger partial charge is 0.129 e. The minimum Gasteiger partial charge on any atom is -0.394 e. The number of rotatable bonds is 7. The molecule has 0 aromatic rings. The zero-order chi connectivity index (χ0) is 9.40. The van der Waals surface area contributed by atoms with Gasteiger partial charge >= 0.3 is 0 Å². The lowest BCUT2D eigenvalue weighted by atomic mass is 10.3. The molecule has 1 unspecified atom stereocenters. The first kappa shape index (κ1) is 11.9. The molecule has 0 heterocycles. The van der Waals surface area contributed by atoms with Crippen LogP contribution in [0.4, 0.5) is 0 Å². The molecule has 0 bridgehead atoms. The highest BCUT2D eigenvalue weighted by atomic mass is 32.2. The van der Waals surface area contributed by atoms with Crippen LogP contribution < -0.4 is 0 Å². The highest BCUT2D eigenvalue weighted by Gasteiger charge is 2.01. The van der Waals surface area contributed by atoms with Crippen molar-refractivity contribution < 1.29 is 15.0 Å². The number of carbonyl (C=O) groups excluding carboxylic acids is 1. The summed E-state index contributed by atoms with van der Waals surface area (Å²) >= 11 is 1.57. The zero-order valence-electron chi connectivity index (χ0n) is 7.32. The van der Waals surface area contributed by atoms with Crippen LogP contribution in [-0.4, -0.2) is 40.2 Å². The summed E-state index contributed by atoms with van der Waals surface area (Å²) in [6.07, 6.45) is 0.854. The monoisotopic (exact) mass is 192 g/mol. The van der Waals surface area contributed by atoms with Gasteiger partial charge in [0.15, 0.2) is 0 Å². The molecule has 2 N–H and O–H groups in total. The molecule has 1 atom stereocenters. The number of carbonyl (C=O) groups is 1. The van der Waals surface area contributed by atoms with Crippen LogP contribution in [0.15, 0.2) is 0 Å². The van der Waals surface area contributed by atoms with E-state index in [9.17, 15) is 4.79 Å². The van der Waals surface area contributed by atoms with Gasteiger partial charge in [-0.25, -0.2) is 0 Å². The summed E-state index contributed by atoms with van der Waals surface area (Å²) in [7, 11) is 0. The summed E-state index contributed by atoms with van der Waals surface area (Å²) in [6, 6.07) is 0. The molecule has 0 saturated heterocycles. The lowest BCUT2D eigenvalue weighted by Gasteiger charge is -2.05. The third-order valence-electron chi connectivity index (χ3n) is 1.34. The number of Topliss-reactive ketones (excluding diaryl/α,β-unsaturated/α-hetero) is 1. The van der Waals surface area contributed by atoms with Crippen molar-refractivity contribution in [2.24, 2.45) is 0 Å². The van der Waals surface area contributed by atoms with Crippen LogP contribution in [0.2, 0.25) is 0 Å². The van der Waals surface area contributed by atoms with E-state index in [-0.39, 0.29) is 12.4 Å². The van der Waals surface area contributed by atoms with Crippen LogP contribution in [0.1, 0.15) is 19.8 Å². The normalized spacial score (nSPS) is 12.9. The molecule has 0 fully saturated rings. The predicted molar refractivity (Wildman–Crippen MR) is 50.3 cm³/mol. The van der Waals surface area contributed by atoms with E-state index in [4.69, 9.17) is 10.2 Å². The average Bonchev–Trinajstić information content (AvgIpc) is 2.03. The fourth-order valence-corrected chi connectivity index (χ4v) is 1.59. The molecule has 0 aliphatic rings. The second kappa shape index (κ2) is 7.58. The Hall–Kier alpha value is -0.0600. The second-order valence-electron chi connectivity index (χ2n) is 2.72. The van der Waals surface area contributed by atoms with Crippen molar-refractivity contribution in [3.8, 4) is 0 Å². The standard InChI is InChI=1S/C8H16O3S/c1-7(10)3-2-4-12-6-8(11)5-9/h8-9,11H,2-6H2,1H3. The minimum atomic E-state index is -0.618. The molecule has 12 heavy (non-hydrogen) atoms. The molecule has 3 nitrogen and oxygen atoms in total. The van der Waals surface area contributed by atoms with Crippen LogP contribution in [-0.2, 0) is 4.79 Å². The van der Waals surface area contributed by atoms with Crippen LogP contribution in [0.5, 0.6) is 0 Å². The van der Waals surface area contributed by atoms with Crippen molar-refractivity contribution in [3.63, 3.8) is 0 Å². The van der Waals surface area contributed by atoms with E-state index in [2.05, 4.69) is 0 Å². The second-order valence-corrected chi connectivity index (χ2v) is 3.87. The van der Waals surface area contributed by atoms with E-state index >= 15 is 0 Å². The van der Waals surface area contributed by atoms with E-state index in [1.165, 1.54) is 0 Å². The molecule has 0 aliphatic carbocycles. The fourth-order valence-electron chi connectivity index (χ4n) is 0.695. The Morgan fingerprint density at radius 3 is 2.75 bits per heavy atom. The summed E-state index contributed by atoms with van der Waals surface area (Å²) in [4.78, 5) is 10.5. The molecule has 0 aliphatic heterocycles. The summed E-state index contributed by atoms with van der Waals surface area (Å²) in [5.41, 5.74) is 0. The van der Waals surface area contributed by atoms with Crippen LogP contribution in [0.3, 0.4) is 0 Å². The van der Waals surface area contributed by atoms with Gasteiger partial charge in [0.1, 0.15) is 5.78 Å². The van der Waals surface area contributed by atoms with E-state index in [1.54, 1.807) is 18.7 Å². The fraction of sp³-hybridized carbons (Fsp3) is 0.875. The minimum absolute atomic E-state index is 0.181. The van der Waals surface area contributed by atoms with Crippen LogP contribution in [0.25, 0.3) is 0 Å². The van der Waals surface area contributed by atoms with Crippen LogP contribution in [0, 0.1) is 0 Å². The van der Waals surface area contributed by atoms with E-state index in [0.29, 0.717) is 12.2 Å². The van der Waals surface area contributed by atoms with Gasteiger partial charge in [0.05, 0.1) is 12.7 Å². The molecule has 4 heteroatoms. The molecule has 0 aromatic carbocycles. The third kappa shape index (κ3) is 8.04. The van der Waals surface area contributed by atoms with E-state index < -0.39 is 6.10 Å². The first-order valence-corrected chi connectivity index (χ1v) is 5.18. The van der Waals surface area contributed by atoms with Gasteiger partial charge in [0.2, 0.25) is 0 Å². The Morgan fingerprint density at radius 1 is 1.58 bits per heavy atom. The van der Waals surface area contributed by atoms with Crippen molar-refractivity contribution in [1.29, 1.82) is 0 Å². The Labute approximate surface area is 77.2 Å². The van der Waals surface area contributed by atoms with Gasteiger partial charge < -0.3 is 15.0 Å². The summed E-state index contributed by atoms with van der Waals surface area (Å²) in [6.45, 7) is 1.40. The number of ketones is 1. The lowest BCUT2D eigenvalue weighted by molar-refractivity contribution is -0.117. The SMILES string of the molecule is CC(=O)CCCSCC(O)CO. The number of aliphatic hydroxyl groups is 2. The Bertz CT molecular complexity index is 127. The maximum absolute atomic E-state index is 10.5. The molecule has 0 rings (SSSR count). The predicted octanol–water partition coefficient (Wildman–Crippen LogP) is 0.442. The van der Waals surface area contributed by atoms with Crippen molar-refractivity contribution in [2.75, 3.05) is 18.1 Å². The largest absolute Gasteiger partial charge is 0.394 e. The topological polar surface area (TPSA) is 57.5 Å². The molecule has 0 aromatic heterocycles. The molecular weight excluding hydrogens is 176 g/mol. The summed E-state index contributed by atoms with van der Waals surface area (Å²) in [5.74, 6) is 1.63. The van der Waals surface area contributed by atoms with Crippen LogP contribution >= 0.6 is 11.8 Å². The zero-order valence-corrected chi connectivity index (χ0v) is 8.14. The molecular formula is C8H16O3S. The molecule has 0 spiro atoms. The maximum Gasteiger partial charge on any atom is 0.129 e. The molecule has 0 radical (unpaired) electrons. The lowest BCUT2D eigenvalue weighted by Crippen LogP contribution is -2.14. The van der Waals surface area contributed by atoms with Crippen molar-refractivity contribution in [3.05, 3.63) is 0 Å². The quantitative estimate of drug-likeness (QED) is 0.575. The van der Waals surface area contributed by atoms with Crippen molar-refractivity contribution in [2.45, 2.75) is 25.9 Å². The Kier molecular flexibility index (Phi) is 7.54. The van der Waals surface area contributed by atoms with Gasteiger partial charge in [0, 0.05) is 12.2 Å². The average molecular weight is 192 g/mol. The molecule has 0 amide bonds. The Balaban J connectivity index is 3.05. The summed E-state index contributed by atoms with van der Waals surface area (Å²) in [5, 5.41) is 17.4. The van der Waals surface area contributed by atoms with Gasteiger partial charge in [-0.05, 0) is 19.1 Å². The third-order valence-corrected chi connectivity index (χ3v) is 2.54. The number of hydrogen-bond acceptors (Lipinski definition) is 4. The molecule has 72 valence electrons. The van der Waals surface area contributed by atoms with Gasteiger partial charge in [-0.1, -0.05) is 0 Å². The summed E-state index contributed by atoms with van der Waals surface area (Å²) < 4.78 is 0. The Morgan fingerprint density at radius 2 is 2.25 bits per heavy atom. The highest BCUT2D eigenvalue weighted by molar-refractivity contribution is 7.99. The number of aliphatic hydroxyl groups excluding tert-OH is 2. The highest BCUT2D eigenvalue weighted by Crippen LogP contribution is 2.06. The van der Waals surface area contributed by atoms with Gasteiger partial charge in [0.25, 0.3) is 0 Å². The van der Waals surface area contributed by atoms with Gasteiger partial charge in [-0.2, -0.15) is 11.8 Å². The van der Waals surface area contributed by atoms with Gasteiger partial charge in [-0.15, -0.1) is 0 Å². The van der Waals surface area contributed by atoms with E-state index in [0.717, 1.165) is 12.2 Å². The van der Waals surface area contributed by atoms with E-state index in [1.807, 2.05) is 0 Å². The number of thioether (sulfide) groups is 1. The van der Waals surface area contributed by atoms with Crippen molar-refractivity contribution >= 4 is 17.5 Å². The van der Waals surface area contributed by atoms with Crippen molar-refractivity contribution in [1.82, 2.24) is 0 Å². The first-order valence-electron chi connectivity index (χ1n) is 4.03. The van der Waals surface area contributed by atoms with Gasteiger partial charge in [-0.3, -0.25) is 0 Å².